The number of para-hydroxylation sites is 1. The second kappa shape index (κ2) is 5.50. The van der Waals surface area contributed by atoms with Crippen LogP contribution in [0.1, 0.15) is 12.8 Å². The predicted octanol–water partition coefficient (Wildman–Crippen LogP) is 4.12. The van der Waals surface area contributed by atoms with Crippen molar-refractivity contribution in [2.75, 3.05) is 10.8 Å². The lowest BCUT2D eigenvalue weighted by Crippen LogP contribution is -2.32. The summed E-state index contributed by atoms with van der Waals surface area (Å²) < 4.78 is 28.3. The molecule has 1 saturated carbocycles. The maximum atomic E-state index is 12.9. The van der Waals surface area contributed by atoms with Crippen LogP contribution in [0.2, 0.25) is 0 Å². The molecule has 0 radical (unpaired) electrons. The quantitative estimate of drug-likeness (QED) is 0.792. The minimum atomic E-state index is -3.49. The summed E-state index contributed by atoms with van der Waals surface area (Å²) in [6.07, 6.45) is 2.23. The molecule has 106 valence electrons. The summed E-state index contributed by atoms with van der Waals surface area (Å²) in [4.78, 5) is 0. The largest absolute Gasteiger partial charge is 0.274 e. The van der Waals surface area contributed by atoms with Crippen LogP contribution >= 0.6 is 27.3 Å². The molecule has 0 amide bonds. The number of thiophene rings is 1. The highest BCUT2D eigenvalue weighted by Crippen LogP contribution is 2.37. The molecule has 3 rings (SSSR count). The van der Waals surface area contributed by atoms with E-state index in [1.807, 2.05) is 30.3 Å². The molecular weight excluding hydrogens is 358 g/mol. The molecule has 0 bridgehead atoms. The Morgan fingerprint density at radius 1 is 1.20 bits per heavy atom. The summed E-state index contributed by atoms with van der Waals surface area (Å²) >= 11 is 4.58. The first kappa shape index (κ1) is 14.1. The summed E-state index contributed by atoms with van der Waals surface area (Å²) in [6.45, 7) is 0.566. The van der Waals surface area contributed by atoms with Crippen molar-refractivity contribution >= 4 is 43.0 Å². The van der Waals surface area contributed by atoms with Gasteiger partial charge in [0.1, 0.15) is 0 Å². The smallest absolute Gasteiger partial charge is 0.265 e. The Balaban J connectivity index is 2.03. The van der Waals surface area contributed by atoms with Gasteiger partial charge in [0.05, 0.1) is 5.69 Å². The molecule has 1 aliphatic rings. The van der Waals surface area contributed by atoms with Gasteiger partial charge in [0.2, 0.25) is 0 Å². The zero-order valence-electron chi connectivity index (χ0n) is 10.7. The third-order valence-corrected chi connectivity index (χ3v) is 7.72. The second-order valence-corrected chi connectivity index (χ2v) is 8.70. The van der Waals surface area contributed by atoms with Gasteiger partial charge in [0, 0.05) is 11.0 Å². The fourth-order valence-electron chi connectivity index (χ4n) is 2.04. The van der Waals surface area contributed by atoms with E-state index in [1.165, 1.54) is 11.3 Å². The number of rotatable bonds is 5. The second-order valence-electron chi connectivity index (χ2n) is 4.87. The number of hydrogen-bond donors (Lipinski definition) is 0. The Hall–Kier alpha value is -0.850. The maximum absolute atomic E-state index is 12.9. The first-order valence-corrected chi connectivity index (χ1v) is 9.51. The van der Waals surface area contributed by atoms with Crippen LogP contribution in [0.15, 0.2) is 50.5 Å². The molecule has 1 heterocycles. The van der Waals surface area contributed by atoms with Gasteiger partial charge in [-0.25, -0.2) is 8.42 Å². The van der Waals surface area contributed by atoms with E-state index >= 15 is 0 Å². The average Bonchev–Trinajstić information content (AvgIpc) is 3.16. The van der Waals surface area contributed by atoms with Gasteiger partial charge in [-0.1, -0.05) is 18.2 Å². The Kier molecular flexibility index (Phi) is 3.88. The lowest BCUT2D eigenvalue weighted by Gasteiger charge is -2.24. The third kappa shape index (κ3) is 2.77. The Bertz CT molecular complexity index is 693. The molecule has 2 aromatic rings. The SMILES string of the molecule is O=S(=O)(c1sccc1Br)N(CC1CC1)c1ccccc1. The van der Waals surface area contributed by atoms with E-state index in [1.54, 1.807) is 15.8 Å². The molecule has 0 atom stereocenters. The molecule has 0 aliphatic heterocycles. The van der Waals surface area contributed by atoms with Crippen molar-refractivity contribution in [1.82, 2.24) is 0 Å². The highest BCUT2D eigenvalue weighted by molar-refractivity contribution is 9.10. The van der Waals surface area contributed by atoms with Gasteiger partial charge in [0.15, 0.2) is 4.21 Å². The van der Waals surface area contributed by atoms with Crippen LogP contribution in [-0.4, -0.2) is 15.0 Å². The molecule has 0 unspecified atom stereocenters. The normalized spacial score (nSPS) is 15.2. The molecule has 0 saturated heterocycles. The third-order valence-electron chi connectivity index (χ3n) is 3.27. The topological polar surface area (TPSA) is 37.4 Å². The van der Waals surface area contributed by atoms with E-state index in [2.05, 4.69) is 15.9 Å². The summed E-state index contributed by atoms with van der Waals surface area (Å²) in [5.74, 6) is 0.490. The van der Waals surface area contributed by atoms with Gasteiger partial charge >= 0.3 is 0 Å². The van der Waals surface area contributed by atoms with Crippen LogP contribution < -0.4 is 4.31 Å². The van der Waals surface area contributed by atoms with Gasteiger partial charge in [-0.15, -0.1) is 11.3 Å². The number of anilines is 1. The Morgan fingerprint density at radius 3 is 2.45 bits per heavy atom. The predicted molar refractivity (Wildman–Crippen MR) is 85.7 cm³/mol. The Labute approximate surface area is 131 Å². The monoisotopic (exact) mass is 371 g/mol. The molecule has 6 heteroatoms. The van der Waals surface area contributed by atoms with E-state index in [-0.39, 0.29) is 0 Å². The van der Waals surface area contributed by atoms with Gasteiger partial charge < -0.3 is 0 Å². The minimum absolute atomic E-state index is 0.377. The molecule has 1 aromatic carbocycles. The molecular formula is C14H14BrNO2S2. The summed E-state index contributed by atoms with van der Waals surface area (Å²) in [5.41, 5.74) is 0.736. The van der Waals surface area contributed by atoms with E-state index in [0.29, 0.717) is 21.1 Å². The fraction of sp³-hybridized carbons (Fsp3) is 0.286. The lowest BCUT2D eigenvalue weighted by atomic mass is 10.3. The summed E-state index contributed by atoms with van der Waals surface area (Å²) in [7, 11) is -3.49. The maximum Gasteiger partial charge on any atom is 0.274 e. The standard InChI is InChI=1S/C14H14BrNO2S2/c15-13-8-9-19-14(13)20(17,18)16(10-11-6-7-11)12-4-2-1-3-5-12/h1-5,8-9,11H,6-7,10H2. The van der Waals surface area contributed by atoms with Crippen molar-refractivity contribution in [3.63, 3.8) is 0 Å². The number of nitrogens with zero attached hydrogens (tertiary/aromatic N) is 1. The van der Waals surface area contributed by atoms with Crippen molar-refractivity contribution < 1.29 is 8.42 Å². The van der Waals surface area contributed by atoms with Crippen molar-refractivity contribution in [3.8, 4) is 0 Å². The molecule has 3 nitrogen and oxygen atoms in total. The molecule has 0 spiro atoms. The van der Waals surface area contributed by atoms with Crippen LogP contribution in [0.5, 0.6) is 0 Å². The first-order chi connectivity index (χ1) is 9.59. The van der Waals surface area contributed by atoms with Crippen LogP contribution in [0, 0.1) is 5.92 Å². The lowest BCUT2D eigenvalue weighted by molar-refractivity contribution is 0.590. The highest BCUT2D eigenvalue weighted by atomic mass is 79.9. The van der Waals surface area contributed by atoms with Crippen molar-refractivity contribution in [2.45, 2.75) is 17.1 Å². The van der Waals surface area contributed by atoms with Crippen LogP contribution in [0.25, 0.3) is 0 Å². The zero-order chi connectivity index (χ0) is 14.2. The van der Waals surface area contributed by atoms with E-state index in [0.717, 1.165) is 18.5 Å². The van der Waals surface area contributed by atoms with Crippen molar-refractivity contribution in [2.24, 2.45) is 5.92 Å². The fourth-order valence-corrected chi connectivity index (χ4v) is 5.99. The summed E-state index contributed by atoms with van der Waals surface area (Å²) in [6, 6.07) is 11.1. The van der Waals surface area contributed by atoms with E-state index in [4.69, 9.17) is 0 Å². The Morgan fingerprint density at radius 2 is 1.90 bits per heavy atom. The van der Waals surface area contributed by atoms with Gasteiger partial charge in [0.25, 0.3) is 10.0 Å². The first-order valence-electron chi connectivity index (χ1n) is 6.40. The molecule has 20 heavy (non-hydrogen) atoms. The number of sulfonamides is 1. The van der Waals surface area contributed by atoms with Gasteiger partial charge in [-0.3, -0.25) is 4.31 Å². The molecule has 1 aliphatic carbocycles. The summed E-state index contributed by atoms with van der Waals surface area (Å²) in [5, 5.41) is 1.79. The number of halogens is 1. The number of benzene rings is 1. The van der Waals surface area contributed by atoms with Crippen molar-refractivity contribution in [1.29, 1.82) is 0 Å². The van der Waals surface area contributed by atoms with Gasteiger partial charge in [-0.2, -0.15) is 0 Å². The van der Waals surface area contributed by atoms with Gasteiger partial charge in [-0.05, 0) is 58.3 Å². The number of hydrogen-bond acceptors (Lipinski definition) is 3. The van der Waals surface area contributed by atoms with Crippen molar-refractivity contribution in [3.05, 3.63) is 46.3 Å². The molecule has 1 fully saturated rings. The van der Waals surface area contributed by atoms with E-state index < -0.39 is 10.0 Å². The highest BCUT2D eigenvalue weighted by Gasteiger charge is 2.33. The molecule has 1 aromatic heterocycles. The van der Waals surface area contributed by atoms with E-state index in [9.17, 15) is 8.42 Å². The molecule has 0 N–H and O–H groups in total. The zero-order valence-corrected chi connectivity index (χ0v) is 13.9. The average molecular weight is 372 g/mol. The van der Waals surface area contributed by atoms with Crippen LogP contribution in [0.3, 0.4) is 0 Å². The minimum Gasteiger partial charge on any atom is -0.265 e. The van der Waals surface area contributed by atoms with Crippen LogP contribution in [-0.2, 0) is 10.0 Å². The van der Waals surface area contributed by atoms with Crippen LogP contribution in [0.4, 0.5) is 5.69 Å².